The van der Waals surface area contributed by atoms with E-state index in [0.717, 1.165) is 11.8 Å². The van der Waals surface area contributed by atoms with Crippen LogP contribution in [0.1, 0.15) is 27.2 Å². The molecular formula is C20H17Cl2F3N2O2. The molecule has 0 saturated carbocycles. The molecule has 2 heterocycles. The summed E-state index contributed by atoms with van der Waals surface area (Å²) in [4.78, 5) is 12.8. The Hall–Kier alpha value is -2.22. The van der Waals surface area contributed by atoms with Gasteiger partial charge in [-0.1, -0.05) is 35.3 Å². The zero-order valence-corrected chi connectivity index (χ0v) is 16.8. The second-order valence-electron chi connectivity index (χ2n) is 6.33. The van der Waals surface area contributed by atoms with Crippen LogP contribution in [0.25, 0.3) is 5.52 Å². The number of nitrogens with zero attached hydrogens (tertiary/aromatic N) is 1. The molecule has 3 rings (SSSR count). The normalized spacial score (nSPS) is 11.8. The zero-order chi connectivity index (χ0) is 21.2. The summed E-state index contributed by atoms with van der Waals surface area (Å²) in [5.41, 5.74) is 0.901. The molecule has 0 atom stereocenters. The lowest BCUT2D eigenvalue weighted by Crippen LogP contribution is -2.23. The van der Waals surface area contributed by atoms with Gasteiger partial charge < -0.3 is 14.5 Å². The lowest BCUT2D eigenvalue weighted by atomic mass is 10.1. The highest BCUT2D eigenvalue weighted by Gasteiger charge is 2.33. The summed E-state index contributed by atoms with van der Waals surface area (Å²) >= 11 is 12.2. The van der Waals surface area contributed by atoms with Crippen LogP contribution in [-0.2, 0) is 23.9 Å². The number of nitrogens with one attached hydrogen (secondary N) is 1. The molecule has 0 aliphatic carbocycles. The maximum absolute atomic E-state index is 13.0. The van der Waals surface area contributed by atoms with Gasteiger partial charge in [-0.3, -0.25) is 4.79 Å². The SMILES string of the molecule is COCCc1cc(C(=O)NCc2cccc(C(F)(F)F)c2Cl)c2c(Cl)cccn12. The summed E-state index contributed by atoms with van der Waals surface area (Å²) in [5.74, 6) is -0.465. The minimum atomic E-state index is -4.57. The van der Waals surface area contributed by atoms with Gasteiger partial charge in [0, 0.05) is 32.0 Å². The molecule has 4 nitrogen and oxygen atoms in total. The third kappa shape index (κ3) is 4.52. The number of hydrogen-bond acceptors (Lipinski definition) is 2. The van der Waals surface area contributed by atoms with E-state index >= 15 is 0 Å². The van der Waals surface area contributed by atoms with Crippen LogP contribution >= 0.6 is 23.2 Å². The zero-order valence-electron chi connectivity index (χ0n) is 15.3. The first-order valence-electron chi connectivity index (χ1n) is 8.64. The number of pyridine rings is 1. The molecule has 0 radical (unpaired) electrons. The van der Waals surface area contributed by atoms with Crippen LogP contribution in [0.5, 0.6) is 0 Å². The van der Waals surface area contributed by atoms with Gasteiger partial charge in [0.25, 0.3) is 5.91 Å². The lowest BCUT2D eigenvalue weighted by Gasteiger charge is -2.13. The summed E-state index contributed by atoms with van der Waals surface area (Å²) in [7, 11) is 1.58. The second kappa shape index (κ2) is 8.65. The van der Waals surface area contributed by atoms with Gasteiger partial charge in [0.1, 0.15) is 0 Å². The number of methoxy groups -OCH3 is 1. The summed E-state index contributed by atoms with van der Waals surface area (Å²) < 4.78 is 45.9. The van der Waals surface area contributed by atoms with Crippen molar-refractivity contribution in [1.29, 1.82) is 0 Å². The molecule has 0 fully saturated rings. The number of halogens is 5. The number of fused-ring (bicyclic) bond motifs is 1. The van der Waals surface area contributed by atoms with E-state index in [1.165, 1.54) is 12.1 Å². The summed E-state index contributed by atoms with van der Waals surface area (Å²) in [5, 5.41) is 2.59. The Kier molecular flexibility index (Phi) is 6.41. The van der Waals surface area contributed by atoms with Crippen LogP contribution in [0, 0.1) is 0 Å². The predicted molar refractivity (Wildman–Crippen MR) is 106 cm³/mol. The summed E-state index contributed by atoms with van der Waals surface area (Å²) in [6.07, 6.45) is -2.23. The number of aromatic nitrogens is 1. The van der Waals surface area contributed by atoms with Gasteiger partial charge in [0.05, 0.1) is 33.3 Å². The molecule has 3 aromatic rings. The molecule has 1 N–H and O–H groups in total. The van der Waals surface area contributed by atoms with Gasteiger partial charge in [-0.25, -0.2) is 0 Å². The molecule has 0 spiro atoms. The molecule has 9 heteroatoms. The van der Waals surface area contributed by atoms with Crippen LogP contribution < -0.4 is 5.32 Å². The predicted octanol–water partition coefficient (Wildman–Crippen LogP) is 5.38. The van der Waals surface area contributed by atoms with Gasteiger partial charge in [-0.2, -0.15) is 13.2 Å². The number of ether oxygens (including phenoxy) is 1. The number of benzene rings is 1. The number of rotatable bonds is 6. The maximum atomic E-state index is 13.0. The Morgan fingerprint density at radius 3 is 2.66 bits per heavy atom. The molecule has 29 heavy (non-hydrogen) atoms. The van der Waals surface area contributed by atoms with Gasteiger partial charge in [0.2, 0.25) is 0 Å². The fraction of sp³-hybridized carbons (Fsp3) is 0.250. The molecule has 0 bridgehead atoms. The molecule has 154 valence electrons. The van der Waals surface area contributed by atoms with E-state index in [1.54, 1.807) is 35.9 Å². The highest BCUT2D eigenvalue weighted by molar-refractivity contribution is 6.35. The highest BCUT2D eigenvalue weighted by Crippen LogP contribution is 2.36. The van der Waals surface area contributed by atoms with Crippen LogP contribution in [0.3, 0.4) is 0 Å². The third-order valence-corrected chi connectivity index (χ3v) is 5.20. The number of alkyl halides is 3. The Balaban J connectivity index is 1.88. The Morgan fingerprint density at radius 2 is 1.97 bits per heavy atom. The molecule has 1 aromatic carbocycles. The summed E-state index contributed by atoms with van der Waals surface area (Å²) in [6, 6.07) is 8.71. The van der Waals surface area contributed by atoms with E-state index in [9.17, 15) is 18.0 Å². The van der Waals surface area contributed by atoms with Gasteiger partial charge in [0.15, 0.2) is 0 Å². The average molecular weight is 445 g/mol. The van der Waals surface area contributed by atoms with Crippen molar-refractivity contribution < 1.29 is 22.7 Å². The van der Waals surface area contributed by atoms with Crippen molar-refractivity contribution in [3.8, 4) is 0 Å². The molecule has 0 aliphatic heterocycles. The number of carbonyl (C=O) groups is 1. The molecule has 0 unspecified atom stereocenters. The van der Waals surface area contributed by atoms with E-state index in [-0.39, 0.29) is 12.1 Å². The van der Waals surface area contributed by atoms with E-state index in [0.29, 0.717) is 29.1 Å². The van der Waals surface area contributed by atoms with Crippen molar-refractivity contribution in [3.05, 3.63) is 75.0 Å². The second-order valence-corrected chi connectivity index (χ2v) is 7.11. The smallest absolute Gasteiger partial charge is 0.384 e. The van der Waals surface area contributed by atoms with E-state index in [1.807, 2.05) is 0 Å². The standard InChI is InChI=1S/C20H17Cl2F3N2O2/c1-29-9-7-13-10-14(18-16(21)6-3-8-27(13)18)19(28)26-11-12-4-2-5-15(17(12)22)20(23,24)25/h2-6,8,10H,7,9,11H2,1H3,(H,26,28). The van der Waals surface area contributed by atoms with Gasteiger partial charge >= 0.3 is 6.18 Å². The van der Waals surface area contributed by atoms with Crippen LogP contribution in [-0.4, -0.2) is 24.0 Å². The maximum Gasteiger partial charge on any atom is 0.417 e. The molecule has 0 aliphatic rings. The van der Waals surface area contributed by atoms with Gasteiger partial charge in [-0.15, -0.1) is 0 Å². The van der Waals surface area contributed by atoms with Crippen molar-refractivity contribution in [1.82, 2.24) is 9.72 Å². The van der Waals surface area contributed by atoms with Crippen LogP contribution in [0.4, 0.5) is 13.2 Å². The molecule has 0 saturated heterocycles. The van der Waals surface area contributed by atoms with Crippen molar-refractivity contribution in [2.24, 2.45) is 0 Å². The number of carbonyl (C=O) groups excluding carboxylic acids is 1. The van der Waals surface area contributed by atoms with Crippen LogP contribution in [0.2, 0.25) is 10.0 Å². The molecule has 1 amide bonds. The topological polar surface area (TPSA) is 42.7 Å². The Labute approximate surface area is 175 Å². The minimum Gasteiger partial charge on any atom is -0.384 e. The fourth-order valence-corrected chi connectivity index (χ4v) is 3.63. The summed E-state index contributed by atoms with van der Waals surface area (Å²) in [6.45, 7) is 0.302. The quantitative estimate of drug-likeness (QED) is 0.554. The third-order valence-electron chi connectivity index (χ3n) is 4.45. The van der Waals surface area contributed by atoms with Crippen molar-refractivity contribution in [2.75, 3.05) is 13.7 Å². The largest absolute Gasteiger partial charge is 0.417 e. The Morgan fingerprint density at radius 1 is 1.21 bits per heavy atom. The van der Waals surface area contributed by atoms with E-state index < -0.39 is 22.7 Å². The molecular weight excluding hydrogens is 428 g/mol. The first-order valence-corrected chi connectivity index (χ1v) is 9.39. The van der Waals surface area contributed by atoms with E-state index in [2.05, 4.69) is 5.32 Å². The number of amides is 1. The first kappa shape index (κ1) is 21.5. The average Bonchev–Trinajstić information content (AvgIpc) is 3.04. The van der Waals surface area contributed by atoms with E-state index in [4.69, 9.17) is 27.9 Å². The monoisotopic (exact) mass is 444 g/mol. The first-order chi connectivity index (χ1) is 13.7. The van der Waals surface area contributed by atoms with Crippen LogP contribution in [0.15, 0.2) is 42.6 Å². The fourth-order valence-electron chi connectivity index (χ4n) is 3.06. The molecule has 2 aromatic heterocycles. The minimum absolute atomic E-state index is 0.156. The Bertz CT molecular complexity index is 1050. The highest BCUT2D eigenvalue weighted by atomic mass is 35.5. The number of hydrogen-bond donors (Lipinski definition) is 1. The lowest BCUT2D eigenvalue weighted by molar-refractivity contribution is -0.137. The van der Waals surface area contributed by atoms with Gasteiger partial charge in [-0.05, 0) is 29.8 Å². The van der Waals surface area contributed by atoms with Crippen molar-refractivity contribution >= 4 is 34.6 Å². The van der Waals surface area contributed by atoms with Crippen molar-refractivity contribution in [2.45, 2.75) is 19.1 Å². The van der Waals surface area contributed by atoms with Crippen molar-refractivity contribution in [3.63, 3.8) is 0 Å².